The van der Waals surface area contributed by atoms with Crippen molar-refractivity contribution >= 4 is 12.0 Å². The first kappa shape index (κ1) is 24.7. The maximum Gasteiger partial charge on any atom is 0.250 e. The molecule has 2 heterocycles. The van der Waals surface area contributed by atoms with Crippen LogP contribution in [-0.4, -0.2) is 41.1 Å². The quantitative estimate of drug-likeness (QED) is 0.427. The van der Waals surface area contributed by atoms with E-state index >= 15 is 0 Å². The van der Waals surface area contributed by atoms with Gasteiger partial charge in [0, 0.05) is 37.5 Å². The second kappa shape index (κ2) is 10.0. The zero-order chi connectivity index (χ0) is 25.2. The standard InChI is InChI=1S/C28H32FN3O3/c1-19-16-32(18-30-19)25-11-9-20(15-26(25)34-4)13-22-7-6-12-31(27(22)33)17-21-8-10-23(24(29)14-21)28(2,3)35-5/h8-11,13-16,18H,6-7,12,17H2,1-5H3/b22-13+. The second-order valence-corrected chi connectivity index (χ2v) is 9.38. The number of methoxy groups -OCH3 is 2. The zero-order valence-electron chi connectivity index (χ0n) is 21.0. The molecule has 1 aliphatic heterocycles. The van der Waals surface area contributed by atoms with E-state index in [0.29, 0.717) is 30.8 Å². The lowest BCUT2D eigenvalue weighted by Crippen LogP contribution is -2.36. The van der Waals surface area contributed by atoms with Gasteiger partial charge in [-0.3, -0.25) is 4.79 Å². The van der Waals surface area contributed by atoms with Gasteiger partial charge >= 0.3 is 0 Å². The maximum absolute atomic E-state index is 14.8. The van der Waals surface area contributed by atoms with Crippen LogP contribution in [0.1, 0.15) is 49.1 Å². The smallest absolute Gasteiger partial charge is 0.250 e. The predicted octanol–water partition coefficient (Wildman–Crippen LogP) is 5.42. The molecule has 0 radical (unpaired) electrons. The van der Waals surface area contributed by atoms with Gasteiger partial charge in [-0.05, 0) is 69.0 Å². The first-order valence-electron chi connectivity index (χ1n) is 11.7. The van der Waals surface area contributed by atoms with Gasteiger partial charge in [0.05, 0.1) is 30.4 Å². The molecule has 1 saturated heterocycles. The molecule has 3 aromatic rings. The predicted molar refractivity (Wildman–Crippen MR) is 134 cm³/mol. The number of hydrogen-bond donors (Lipinski definition) is 0. The minimum Gasteiger partial charge on any atom is -0.495 e. The highest BCUT2D eigenvalue weighted by Crippen LogP contribution is 2.29. The van der Waals surface area contributed by atoms with Gasteiger partial charge in [-0.1, -0.05) is 18.2 Å². The number of hydrogen-bond acceptors (Lipinski definition) is 4. The Balaban J connectivity index is 1.53. The van der Waals surface area contributed by atoms with Crippen LogP contribution in [0.4, 0.5) is 4.39 Å². The molecular formula is C28H32FN3O3. The Morgan fingerprint density at radius 3 is 2.63 bits per heavy atom. The van der Waals surface area contributed by atoms with Crippen molar-refractivity contribution in [1.29, 1.82) is 0 Å². The summed E-state index contributed by atoms with van der Waals surface area (Å²) in [6.45, 7) is 6.60. The number of amides is 1. The Bertz CT molecular complexity index is 1260. The van der Waals surface area contributed by atoms with Crippen LogP contribution in [0, 0.1) is 12.7 Å². The Morgan fingerprint density at radius 1 is 1.17 bits per heavy atom. The molecule has 6 nitrogen and oxygen atoms in total. The first-order chi connectivity index (χ1) is 16.7. The van der Waals surface area contributed by atoms with Crippen molar-refractivity contribution in [3.8, 4) is 11.4 Å². The minimum absolute atomic E-state index is 0.0220. The highest BCUT2D eigenvalue weighted by molar-refractivity contribution is 5.98. The average molecular weight is 478 g/mol. The summed E-state index contributed by atoms with van der Waals surface area (Å²) in [4.78, 5) is 19.3. The molecule has 0 unspecified atom stereocenters. The second-order valence-electron chi connectivity index (χ2n) is 9.38. The fourth-order valence-electron chi connectivity index (χ4n) is 4.38. The number of rotatable bonds is 7. The van der Waals surface area contributed by atoms with E-state index in [-0.39, 0.29) is 11.7 Å². The number of carbonyl (C=O) groups is 1. The summed E-state index contributed by atoms with van der Waals surface area (Å²) < 4.78 is 27.7. The van der Waals surface area contributed by atoms with Gasteiger partial charge < -0.3 is 18.9 Å². The van der Waals surface area contributed by atoms with E-state index in [9.17, 15) is 9.18 Å². The average Bonchev–Trinajstić information content (AvgIpc) is 3.27. The van der Waals surface area contributed by atoms with E-state index in [0.717, 1.165) is 34.5 Å². The molecule has 35 heavy (non-hydrogen) atoms. The Labute approximate surface area is 206 Å². The third kappa shape index (κ3) is 5.30. The molecule has 0 saturated carbocycles. The van der Waals surface area contributed by atoms with Crippen LogP contribution in [0.3, 0.4) is 0 Å². The highest BCUT2D eigenvalue weighted by atomic mass is 19.1. The molecule has 1 aromatic heterocycles. The third-order valence-electron chi connectivity index (χ3n) is 6.54. The van der Waals surface area contributed by atoms with Crippen molar-refractivity contribution in [3.05, 3.63) is 82.7 Å². The Kier molecular flexibility index (Phi) is 7.08. The van der Waals surface area contributed by atoms with Crippen LogP contribution >= 0.6 is 0 Å². The van der Waals surface area contributed by atoms with Gasteiger partial charge in [0.2, 0.25) is 5.91 Å². The van der Waals surface area contributed by atoms with Gasteiger partial charge in [0.15, 0.2) is 0 Å². The zero-order valence-corrected chi connectivity index (χ0v) is 21.0. The molecule has 0 spiro atoms. The van der Waals surface area contributed by atoms with Crippen LogP contribution in [0.2, 0.25) is 0 Å². The number of imidazole rings is 1. The van der Waals surface area contributed by atoms with Crippen LogP contribution < -0.4 is 4.74 Å². The number of halogens is 1. The van der Waals surface area contributed by atoms with Crippen LogP contribution in [0.5, 0.6) is 5.75 Å². The van der Waals surface area contributed by atoms with Gasteiger partial charge in [-0.2, -0.15) is 0 Å². The number of likely N-dealkylation sites (tertiary alicyclic amines) is 1. The van der Waals surface area contributed by atoms with Crippen molar-refractivity contribution in [2.45, 2.75) is 45.8 Å². The fourth-order valence-corrected chi connectivity index (χ4v) is 4.38. The molecule has 1 aliphatic rings. The summed E-state index contributed by atoms with van der Waals surface area (Å²) in [6.07, 6.45) is 7.17. The summed E-state index contributed by atoms with van der Waals surface area (Å²) in [5, 5.41) is 0. The molecule has 4 rings (SSSR count). The van der Waals surface area contributed by atoms with E-state index < -0.39 is 5.60 Å². The molecular weight excluding hydrogens is 445 g/mol. The van der Waals surface area contributed by atoms with E-state index in [1.54, 1.807) is 31.5 Å². The first-order valence-corrected chi connectivity index (χ1v) is 11.7. The molecule has 1 amide bonds. The van der Waals surface area contributed by atoms with Gasteiger partial charge in [0.1, 0.15) is 11.6 Å². The molecule has 7 heteroatoms. The summed E-state index contributed by atoms with van der Waals surface area (Å²) in [5.41, 5.74) is 3.98. The van der Waals surface area contributed by atoms with Crippen molar-refractivity contribution in [2.75, 3.05) is 20.8 Å². The molecule has 0 atom stereocenters. The molecule has 184 valence electrons. The summed E-state index contributed by atoms with van der Waals surface area (Å²) in [6, 6.07) is 11.0. The van der Waals surface area contributed by atoms with Crippen molar-refractivity contribution in [1.82, 2.24) is 14.5 Å². The number of ether oxygens (including phenoxy) is 2. The summed E-state index contributed by atoms with van der Waals surface area (Å²) in [5.74, 6) is 0.354. The highest BCUT2D eigenvalue weighted by Gasteiger charge is 2.26. The topological polar surface area (TPSA) is 56.6 Å². The molecule has 1 fully saturated rings. The van der Waals surface area contributed by atoms with Crippen LogP contribution in [0.15, 0.2) is 54.5 Å². The van der Waals surface area contributed by atoms with Gasteiger partial charge in [-0.25, -0.2) is 9.37 Å². The molecule has 0 bridgehead atoms. The summed E-state index contributed by atoms with van der Waals surface area (Å²) >= 11 is 0. The SMILES string of the molecule is COc1cc(/C=C2\CCCN(Cc3ccc(C(C)(C)OC)c(F)c3)C2=O)ccc1-n1cnc(C)c1. The van der Waals surface area contributed by atoms with Gasteiger partial charge in [0.25, 0.3) is 0 Å². The van der Waals surface area contributed by atoms with E-state index in [1.165, 1.54) is 6.07 Å². The van der Waals surface area contributed by atoms with E-state index in [1.807, 2.05) is 61.9 Å². The molecule has 2 aromatic carbocycles. The number of aromatic nitrogens is 2. The third-order valence-corrected chi connectivity index (χ3v) is 6.54. The lowest BCUT2D eigenvalue weighted by Gasteiger charge is -2.29. The Hall–Kier alpha value is -3.45. The number of piperidine rings is 1. The van der Waals surface area contributed by atoms with Crippen molar-refractivity contribution in [3.63, 3.8) is 0 Å². The maximum atomic E-state index is 14.8. The monoisotopic (exact) mass is 477 g/mol. The lowest BCUT2D eigenvalue weighted by molar-refractivity contribution is -0.129. The fraction of sp³-hybridized carbons (Fsp3) is 0.357. The van der Waals surface area contributed by atoms with Gasteiger partial charge in [-0.15, -0.1) is 0 Å². The summed E-state index contributed by atoms with van der Waals surface area (Å²) in [7, 11) is 3.20. The van der Waals surface area contributed by atoms with E-state index in [4.69, 9.17) is 9.47 Å². The lowest BCUT2D eigenvalue weighted by atomic mass is 9.95. The number of benzene rings is 2. The number of carbonyl (C=O) groups excluding carboxylic acids is 1. The van der Waals surface area contributed by atoms with Crippen molar-refractivity contribution < 1.29 is 18.7 Å². The van der Waals surface area contributed by atoms with Crippen molar-refractivity contribution in [2.24, 2.45) is 0 Å². The van der Waals surface area contributed by atoms with E-state index in [2.05, 4.69) is 4.98 Å². The minimum atomic E-state index is -0.716. The van der Waals surface area contributed by atoms with Crippen LogP contribution in [0.25, 0.3) is 11.8 Å². The normalized spacial score (nSPS) is 15.7. The molecule has 0 aliphatic carbocycles. The Morgan fingerprint density at radius 2 is 1.97 bits per heavy atom. The largest absolute Gasteiger partial charge is 0.495 e. The number of aryl methyl sites for hydroxylation is 1. The number of nitrogens with zero attached hydrogens (tertiary/aromatic N) is 3. The molecule has 0 N–H and O–H groups in total. The van der Waals surface area contributed by atoms with Crippen LogP contribution in [-0.2, 0) is 21.7 Å².